The fraction of sp³-hybridized carbons (Fsp3) is 0.385. The molecule has 0 unspecified atom stereocenters. The lowest BCUT2D eigenvalue weighted by Gasteiger charge is -2.10. The average molecular weight is 300 g/mol. The number of hydrogen-bond donors (Lipinski definition) is 2. The van der Waals surface area contributed by atoms with Crippen LogP contribution in [0.25, 0.3) is 0 Å². The van der Waals surface area contributed by atoms with Crippen molar-refractivity contribution in [1.29, 1.82) is 0 Å². The van der Waals surface area contributed by atoms with Crippen LogP contribution in [0.2, 0.25) is 5.02 Å². The van der Waals surface area contributed by atoms with Gasteiger partial charge in [-0.25, -0.2) is 0 Å². The molecule has 0 aromatic heterocycles. The molecule has 104 valence electrons. The van der Waals surface area contributed by atoms with Crippen LogP contribution >= 0.6 is 23.8 Å². The Morgan fingerprint density at radius 2 is 2.11 bits per heavy atom. The van der Waals surface area contributed by atoms with Crippen LogP contribution in [-0.4, -0.2) is 17.6 Å². The molecule has 1 rings (SSSR count). The molecule has 4 nitrogen and oxygen atoms in total. The second kappa shape index (κ2) is 8.72. The summed E-state index contributed by atoms with van der Waals surface area (Å²) in [6, 6.07) is 7.29. The molecule has 0 heterocycles. The lowest BCUT2D eigenvalue weighted by atomic mass is 10.2. The summed E-state index contributed by atoms with van der Waals surface area (Å²) in [4.78, 5) is 10.2. The van der Waals surface area contributed by atoms with Crippen molar-refractivity contribution in [2.24, 2.45) is 0 Å². The molecule has 0 atom stereocenters. The number of rotatable bonds is 7. The van der Waals surface area contributed by atoms with E-state index in [4.69, 9.17) is 23.8 Å². The van der Waals surface area contributed by atoms with Crippen molar-refractivity contribution in [3.63, 3.8) is 0 Å². The zero-order chi connectivity index (χ0) is 14.1. The molecule has 0 spiro atoms. The maximum absolute atomic E-state index is 10.2. The number of carboxylic acids is 1. The molecule has 0 bridgehead atoms. The summed E-state index contributed by atoms with van der Waals surface area (Å²) >= 11 is 11.0. The van der Waals surface area contributed by atoms with Gasteiger partial charge in [0.25, 0.3) is 0 Å². The van der Waals surface area contributed by atoms with Crippen molar-refractivity contribution >= 4 is 40.6 Å². The first-order valence-electron chi connectivity index (χ1n) is 6.08. The SMILES string of the molecule is O=C([O-])CCCCCNC(=S)Nc1cccc(Cl)c1. The van der Waals surface area contributed by atoms with Gasteiger partial charge in [-0.05, 0) is 49.7 Å². The molecule has 0 saturated carbocycles. The summed E-state index contributed by atoms with van der Waals surface area (Å²) in [6.45, 7) is 0.708. The number of anilines is 1. The fourth-order valence-electron chi connectivity index (χ4n) is 1.51. The highest BCUT2D eigenvalue weighted by atomic mass is 35.5. The number of nitrogens with one attached hydrogen (secondary N) is 2. The van der Waals surface area contributed by atoms with Gasteiger partial charge >= 0.3 is 0 Å². The van der Waals surface area contributed by atoms with Crippen LogP contribution in [0.5, 0.6) is 0 Å². The number of unbranched alkanes of at least 4 members (excludes halogenated alkanes) is 2. The van der Waals surface area contributed by atoms with Gasteiger partial charge in [-0.15, -0.1) is 0 Å². The third-order valence-electron chi connectivity index (χ3n) is 2.43. The summed E-state index contributed by atoms with van der Waals surface area (Å²) in [5, 5.41) is 17.5. The Hall–Kier alpha value is -1.33. The highest BCUT2D eigenvalue weighted by Gasteiger charge is 1.98. The second-order valence-electron chi connectivity index (χ2n) is 4.07. The Balaban J connectivity index is 2.13. The van der Waals surface area contributed by atoms with Crippen LogP contribution in [0.1, 0.15) is 25.7 Å². The van der Waals surface area contributed by atoms with E-state index in [9.17, 15) is 9.90 Å². The van der Waals surface area contributed by atoms with Gasteiger partial charge in [0.15, 0.2) is 5.11 Å². The van der Waals surface area contributed by atoms with E-state index in [0.29, 0.717) is 23.1 Å². The Bertz CT molecular complexity index is 440. The average Bonchev–Trinajstić information content (AvgIpc) is 2.33. The predicted molar refractivity (Wildman–Crippen MR) is 79.2 cm³/mol. The minimum Gasteiger partial charge on any atom is -0.550 e. The van der Waals surface area contributed by atoms with Crippen LogP contribution in [0.15, 0.2) is 24.3 Å². The maximum atomic E-state index is 10.2. The van der Waals surface area contributed by atoms with Crippen LogP contribution < -0.4 is 15.7 Å². The van der Waals surface area contributed by atoms with E-state index in [1.807, 2.05) is 12.1 Å². The Morgan fingerprint density at radius 1 is 1.32 bits per heavy atom. The Morgan fingerprint density at radius 3 is 2.79 bits per heavy atom. The van der Waals surface area contributed by atoms with Crippen LogP contribution in [0, 0.1) is 0 Å². The van der Waals surface area contributed by atoms with Gasteiger partial charge in [-0.1, -0.05) is 24.1 Å². The molecule has 19 heavy (non-hydrogen) atoms. The molecule has 0 aliphatic rings. The molecular formula is C13H16ClN2O2S-. The molecule has 0 aliphatic carbocycles. The molecule has 0 saturated heterocycles. The van der Waals surface area contributed by atoms with E-state index in [2.05, 4.69) is 10.6 Å². The number of carboxylic acid groups (broad SMARTS) is 1. The summed E-state index contributed by atoms with van der Waals surface area (Å²) in [5.41, 5.74) is 0.835. The largest absolute Gasteiger partial charge is 0.550 e. The first kappa shape index (κ1) is 15.7. The first-order chi connectivity index (χ1) is 9.08. The number of hydrogen-bond acceptors (Lipinski definition) is 3. The lowest BCUT2D eigenvalue weighted by Crippen LogP contribution is -2.29. The highest BCUT2D eigenvalue weighted by molar-refractivity contribution is 7.80. The van der Waals surface area contributed by atoms with Crippen molar-refractivity contribution in [3.8, 4) is 0 Å². The van der Waals surface area contributed by atoms with Crippen molar-refractivity contribution in [3.05, 3.63) is 29.3 Å². The van der Waals surface area contributed by atoms with E-state index < -0.39 is 5.97 Å². The van der Waals surface area contributed by atoms with Crippen LogP contribution in [0.4, 0.5) is 5.69 Å². The normalized spacial score (nSPS) is 9.95. The first-order valence-corrected chi connectivity index (χ1v) is 6.87. The highest BCUT2D eigenvalue weighted by Crippen LogP contribution is 2.14. The predicted octanol–water partition coefficient (Wildman–Crippen LogP) is 1.94. The van der Waals surface area contributed by atoms with E-state index in [-0.39, 0.29) is 6.42 Å². The number of thiocarbonyl (C=S) groups is 1. The van der Waals surface area contributed by atoms with Gasteiger partial charge in [0.2, 0.25) is 0 Å². The molecule has 6 heteroatoms. The molecule has 0 aliphatic heterocycles. The number of halogens is 1. The smallest absolute Gasteiger partial charge is 0.170 e. The monoisotopic (exact) mass is 299 g/mol. The minimum atomic E-state index is -0.994. The van der Waals surface area contributed by atoms with E-state index in [1.54, 1.807) is 12.1 Å². The Labute approximate surface area is 123 Å². The third kappa shape index (κ3) is 7.64. The standard InChI is InChI=1S/C13H17ClN2O2S/c14-10-5-4-6-11(9-10)16-13(19)15-8-3-1-2-7-12(17)18/h4-6,9H,1-3,7-8H2,(H,17,18)(H2,15,16,19)/p-1. The van der Waals surface area contributed by atoms with Gasteiger partial charge in [0, 0.05) is 23.2 Å². The van der Waals surface area contributed by atoms with Crippen molar-refractivity contribution in [1.82, 2.24) is 5.32 Å². The Kier molecular flexibility index (Phi) is 7.22. The zero-order valence-electron chi connectivity index (χ0n) is 10.4. The summed E-state index contributed by atoms with van der Waals surface area (Å²) < 4.78 is 0. The number of carbonyl (C=O) groups excluding carboxylic acids is 1. The summed E-state index contributed by atoms with van der Waals surface area (Å²) in [5.74, 6) is -0.994. The fourth-order valence-corrected chi connectivity index (χ4v) is 1.92. The number of carbonyl (C=O) groups is 1. The second-order valence-corrected chi connectivity index (χ2v) is 4.92. The van der Waals surface area contributed by atoms with Crippen LogP contribution in [0.3, 0.4) is 0 Å². The van der Waals surface area contributed by atoms with Crippen molar-refractivity contribution in [2.75, 3.05) is 11.9 Å². The van der Waals surface area contributed by atoms with E-state index in [1.165, 1.54) is 0 Å². The molecular weight excluding hydrogens is 284 g/mol. The lowest BCUT2D eigenvalue weighted by molar-refractivity contribution is -0.305. The van der Waals surface area contributed by atoms with Crippen molar-refractivity contribution in [2.45, 2.75) is 25.7 Å². The van der Waals surface area contributed by atoms with Gasteiger partial charge in [0.05, 0.1) is 0 Å². The van der Waals surface area contributed by atoms with Gasteiger partial charge in [0.1, 0.15) is 0 Å². The maximum Gasteiger partial charge on any atom is 0.170 e. The molecule has 1 aromatic carbocycles. The van der Waals surface area contributed by atoms with Crippen LogP contribution in [-0.2, 0) is 4.79 Å². The topological polar surface area (TPSA) is 64.2 Å². The van der Waals surface area contributed by atoms with Crippen molar-refractivity contribution < 1.29 is 9.90 Å². The molecule has 0 radical (unpaired) electrons. The number of aliphatic carboxylic acids is 1. The zero-order valence-corrected chi connectivity index (χ0v) is 12.0. The van der Waals surface area contributed by atoms with Gasteiger partial charge in [-0.3, -0.25) is 0 Å². The minimum absolute atomic E-state index is 0.116. The molecule has 2 N–H and O–H groups in total. The van der Waals surface area contributed by atoms with E-state index in [0.717, 1.165) is 18.5 Å². The summed E-state index contributed by atoms with van der Waals surface area (Å²) in [6.07, 6.45) is 2.45. The summed E-state index contributed by atoms with van der Waals surface area (Å²) in [7, 11) is 0. The quantitative estimate of drug-likeness (QED) is 0.595. The molecule has 0 fully saturated rings. The molecule has 1 aromatic rings. The number of benzene rings is 1. The van der Waals surface area contributed by atoms with Gasteiger partial charge < -0.3 is 20.5 Å². The van der Waals surface area contributed by atoms with E-state index >= 15 is 0 Å². The molecule has 0 amide bonds. The third-order valence-corrected chi connectivity index (χ3v) is 2.91. The van der Waals surface area contributed by atoms with Gasteiger partial charge in [-0.2, -0.15) is 0 Å².